The van der Waals surface area contributed by atoms with Crippen LogP contribution in [-0.4, -0.2) is 52.4 Å². The standard InChI is InChI=1S/C23H28N8O2/c1-16-12-23(29-28-16)27-22(14-21(24)31-8-10-32-11-9-31)26-17(2)25-15-19-13-20(30-33-19)18-6-4-3-5-7-18/h3-7,12-14,25H,2,8-11,15,24H2,1H3,(H2,26,27,28,29)/b21-14+. The van der Waals surface area contributed by atoms with Crippen LogP contribution < -0.4 is 16.4 Å². The van der Waals surface area contributed by atoms with Crippen molar-refractivity contribution in [1.29, 1.82) is 0 Å². The number of hydrogen-bond acceptors (Lipinski definition) is 8. The third-order valence-electron chi connectivity index (χ3n) is 4.98. The third kappa shape index (κ3) is 6.23. The largest absolute Gasteiger partial charge is 0.385 e. The summed E-state index contributed by atoms with van der Waals surface area (Å²) >= 11 is 0. The molecule has 4 rings (SSSR count). The van der Waals surface area contributed by atoms with E-state index >= 15 is 0 Å². The van der Waals surface area contributed by atoms with Gasteiger partial charge in [0.2, 0.25) is 0 Å². The number of aromatic nitrogens is 3. The van der Waals surface area contributed by atoms with Gasteiger partial charge in [-0.1, -0.05) is 42.1 Å². The lowest BCUT2D eigenvalue weighted by Crippen LogP contribution is -2.38. The summed E-state index contributed by atoms with van der Waals surface area (Å²) < 4.78 is 10.8. The molecule has 0 aliphatic carbocycles. The van der Waals surface area contributed by atoms with E-state index in [0.29, 0.717) is 48.8 Å². The molecule has 0 saturated carbocycles. The Kier molecular flexibility index (Phi) is 7.06. The molecule has 1 aliphatic heterocycles. The number of H-pyrrole nitrogens is 1. The van der Waals surface area contributed by atoms with Crippen molar-refractivity contribution in [2.24, 2.45) is 10.7 Å². The van der Waals surface area contributed by atoms with Gasteiger partial charge in [0.05, 0.1) is 25.5 Å². The number of morpholine rings is 1. The highest BCUT2D eigenvalue weighted by Crippen LogP contribution is 2.18. The average Bonchev–Trinajstić information content (AvgIpc) is 3.48. The fourth-order valence-corrected chi connectivity index (χ4v) is 3.29. The summed E-state index contributed by atoms with van der Waals surface area (Å²) in [7, 11) is 0. The van der Waals surface area contributed by atoms with E-state index in [9.17, 15) is 0 Å². The summed E-state index contributed by atoms with van der Waals surface area (Å²) in [5, 5.41) is 17.5. The highest BCUT2D eigenvalue weighted by Gasteiger charge is 2.13. The predicted octanol–water partition coefficient (Wildman–Crippen LogP) is 2.58. The number of anilines is 1. The number of benzene rings is 1. The summed E-state index contributed by atoms with van der Waals surface area (Å²) in [5.74, 6) is 2.93. The molecule has 5 N–H and O–H groups in total. The Balaban J connectivity index is 1.44. The van der Waals surface area contributed by atoms with Crippen molar-refractivity contribution in [2.45, 2.75) is 13.5 Å². The minimum Gasteiger partial charge on any atom is -0.385 e. The van der Waals surface area contributed by atoms with E-state index < -0.39 is 0 Å². The number of nitrogens with two attached hydrogens (primary N) is 1. The topological polar surface area (TPSA) is 130 Å². The second kappa shape index (κ2) is 10.5. The maximum absolute atomic E-state index is 6.32. The summed E-state index contributed by atoms with van der Waals surface area (Å²) in [4.78, 5) is 6.62. The number of amidine groups is 1. The van der Waals surface area contributed by atoms with Crippen LogP contribution in [0.4, 0.5) is 5.82 Å². The molecule has 3 heterocycles. The van der Waals surface area contributed by atoms with Crippen LogP contribution >= 0.6 is 0 Å². The second-order valence-electron chi connectivity index (χ2n) is 7.56. The van der Waals surface area contributed by atoms with Crippen LogP contribution in [0.25, 0.3) is 11.3 Å². The molecule has 33 heavy (non-hydrogen) atoms. The number of aromatic amines is 1. The minimum atomic E-state index is 0.390. The molecule has 10 heteroatoms. The van der Waals surface area contributed by atoms with Crippen molar-refractivity contribution >= 4 is 11.7 Å². The molecule has 3 aromatic rings. The first-order valence-corrected chi connectivity index (χ1v) is 10.7. The number of nitrogens with zero attached hydrogens (tertiary/aromatic N) is 4. The van der Waals surface area contributed by atoms with Crippen LogP contribution in [0.1, 0.15) is 11.5 Å². The number of ether oxygens (including phenoxy) is 1. The molecular formula is C23H28N8O2. The fourth-order valence-electron chi connectivity index (χ4n) is 3.29. The SMILES string of the molecule is C=C(/N=C(\C=C(/N)N1CCOCC1)Nc1cc(C)n[nH]1)NCc1cc(-c2ccccc2)no1. The molecule has 1 saturated heterocycles. The van der Waals surface area contributed by atoms with Crippen molar-refractivity contribution in [1.82, 2.24) is 25.6 Å². The zero-order chi connectivity index (χ0) is 23.0. The van der Waals surface area contributed by atoms with Gasteiger partial charge in [0.15, 0.2) is 5.76 Å². The van der Waals surface area contributed by atoms with Gasteiger partial charge in [-0.2, -0.15) is 5.10 Å². The smallest absolute Gasteiger partial charge is 0.156 e. The molecule has 0 radical (unpaired) electrons. The lowest BCUT2D eigenvalue weighted by atomic mass is 10.1. The molecule has 0 bridgehead atoms. The minimum absolute atomic E-state index is 0.390. The lowest BCUT2D eigenvalue weighted by Gasteiger charge is -2.28. The van der Waals surface area contributed by atoms with E-state index in [1.54, 1.807) is 6.08 Å². The Labute approximate surface area is 192 Å². The highest BCUT2D eigenvalue weighted by atomic mass is 16.5. The van der Waals surface area contributed by atoms with E-state index in [1.165, 1.54) is 0 Å². The zero-order valence-corrected chi connectivity index (χ0v) is 18.5. The molecule has 0 unspecified atom stereocenters. The van der Waals surface area contributed by atoms with Crippen LogP contribution in [0, 0.1) is 6.92 Å². The van der Waals surface area contributed by atoms with Crippen molar-refractivity contribution in [2.75, 3.05) is 31.6 Å². The quantitative estimate of drug-likeness (QED) is 0.306. The third-order valence-corrected chi connectivity index (χ3v) is 4.98. The molecule has 172 valence electrons. The lowest BCUT2D eigenvalue weighted by molar-refractivity contribution is 0.0531. The fraction of sp³-hybridized carbons (Fsp3) is 0.261. The van der Waals surface area contributed by atoms with Gasteiger partial charge in [-0.25, -0.2) is 4.99 Å². The first-order valence-electron chi connectivity index (χ1n) is 10.7. The number of hydrogen-bond donors (Lipinski definition) is 4. The number of aliphatic imine (C=N–C) groups is 1. The normalized spacial score (nSPS) is 14.9. The first-order chi connectivity index (χ1) is 16.1. The monoisotopic (exact) mass is 448 g/mol. The van der Waals surface area contributed by atoms with Crippen molar-refractivity contribution < 1.29 is 9.26 Å². The van der Waals surface area contributed by atoms with Crippen LogP contribution in [0.5, 0.6) is 0 Å². The van der Waals surface area contributed by atoms with Gasteiger partial charge in [0.25, 0.3) is 0 Å². The Morgan fingerprint density at radius 2 is 2.06 bits per heavy atom. The molecule has 1 aromatic carbocycles. The Bertz CT molecular complexity index is 1130. The van der Waals surface area contributed by atoms with E-state index in [-0.39, 0.29) is 0 Å². The second-order valence-corrected chi connectivity index (χ2v) is 7.56. The van der Waals surface area contributed by atoms with E-state index in [1.807, 2.05) is 49.4 Å². The number of aryl methyl sites for hydroxylation is 1. The summed E-state index contributed by atoms with van der Waals surface area (Å²) in [6, 6.07) is 13.6. The maximum atomic E-state index is 6.32. The van der Waals surface area contributed by atoms with Crippen LogP contribution in [-0.2, 0) is 11.3 Å². The maximum Gasteiger partial charge on any atom is 0.156 e. The Hall–Kier alpha value is -4.05. The van der Waals surface area contributed by atoms with E-state index in [4.69, 9.17) is 15.0 Å². The van der Waals surface area contributed by atoms with Crippen molar-refractivity contribution in [3.63, 3.8) is 0 Å². The average molecular weight is 449 g/mol. The highest BCUT2D eigenvalue weighted by molar-refractivity contribution is 6.04. The van der Waals surface area contributed by atoms with Crippen LogP contribution in [0.15, 0.2) is 76.3 Å². The van der Waals surface area contributed by atoms with E-state index in [2.05, 4.69) is 42.5 Å². The van der Waals surface area contributed by atoms with Gasteiger partial charge in [-0.3, -0.25) is 5.10 Å². The molecule has 1 fully saturated rings. The molecule has 1 aliphatic rings. The van der Waals surface area contributed by atoms with Gasteiger partial charge in [-0.15, -0.1) is 0 Å². The number of nitrogens with one attached hydrogen (secondary N) is 3. The first kappa shape index (κ1) is 22.2. The molecular weight excluding hydrogens is 420 g/mol. The molecule has 0 spiro atoms. The molecule has 10 nitrogen and oxygen atoms in total. The van der Waals surface area contributed by atoms with Gasteiger partial charge < -0.3 is 30.5 Å². The number of rotatable bonds is 8. The Morgan fingerprint density at radius 1 is 1.27 bits per heavy atom. The Morgan fingerprint density at radius 3 is 2.79 bits per heavy atom. The summed E-state index contributed by atoms with van der Waals surface area (Å²) in [5.41, 5.74) is 8.95. The molecule has 0 atom stereocenters. The summed E-state index contributed by atoms with van der Waals surface area (Å²) in [6.45, 7) is 9.05. The van der Waals surface area contributed by atoms with Crippen LogP contribution in [0.3, 0.4) is 0 Å². The molecule has 2 aromatic heterocycles. The van der Waals surface area contributed by atoms with Crippen LogP contribution in [0.2, 0.25) is 0 Å². The van der Waals surface area contributed by atoms with Gasteiger partial charge in [0, 0.05) is 36.9 Å². The van der Waals surface area contributed by atoms with Gasteiger partial charge >= 0.3 is 0 Å². The van der Waals surface area contributed by atoms with E-state index in [0.717, 1.165) is 30.0 Å². The predicted molar refractivity (Wildman–Crippen MR) is 127 cm³/mol. The van der Waals surface area contributed by atoms with Crippen molar-refractivity contribution in [3.8, 4) is 11.3 Å². The van der Waals surface area contributed by atoms with Gasteiger partial charge in [0.1, 0.15) is 29.0 Å². The summed E-state index contributed by atoms with van der Waals surface area (Å²) in [6.07, 6.45) is 1.77. The molecule has 0 amide bonds. The van der Waals surface area contributed by atoms with Crippen molar-refractivity contribution in [3.05, 3.63) is 78.2 Å². The van der Waals surface area contributed by atoms with Gasteiger partial charge in [-0.05, 0) is 6.92 Å². The zero-order valence-electron chi connectivity index (χ0n) is 18.5.